The fourth-order valence-electron chi connectivity index (χ4n) is 3.14. The van der Waals surface area contributed by atoms with Crippen LogP contribution in [0, 0.1) is 0 Å². The SMILES string of the molecule is C=Cc1ccc(CSc2nnc3c(S(=O)(=O)N4CCCC4)cccn23)cc1. The van der Waals surface area contributed by atoms with Crippen LogP contribution in [-0.4, -0.2) is 40.4 Å². The van der Waals surface area contributed by atoms with Gasteiger partial charge in [0.25, 0.3) is 0 Å². The molecule has 0 spiro atoms. The Morgan fingerprint density at radius 2 is 1.85 bits per heavy atom. The highest BCUT2D eigenvalue weighted by Gasteiger charge is 2.30. The van der Waals surface area contributed by atoms with Gasteiger partial charge in [-0.15, -0.1) is 10.2 Å². The number of hydrogen-bond donors (Lipinski definition) is 0. The van der Waals surface area contributed by atoms with E-state index < -0.39 is 10.0 Å². The second-order valence-electron chi connectivity index (χ2n) is 6.39. The van der Waals surface area contributed by atoms with Crippen LogP contribution in [0.4, 0.5) is 0 Å². The Balaban J connectivity index is 1.61. The number of aromatic nitrogens is 3. The molecule has 1 fully saturated rings. The van der Waals surface area contributed by atoms with E-state index in [1.54, 1.807) is 16.5 Å². The molecule has 1 aromatic carbocycles. The molecule has 0 aliphatic carbocycles. The lowest BCUT2D eigenvalue weighted by molar-refractivity contribution is 0.478. The fourth-order valence-corrected chi connectivity index (χ4v) is 5.65. The van der Waals surface area contributed by atoms with Gasteiger partial charge >= 0.3 is 0 Å². The molecule has 8 heteroatoms. The molecule has 0 bridgehead atoms. The van der Waals surface area contributed by atoms with Crippen molar-refractivity contribution >= 4 is 33.5 Å². The monoisotopic (exact) mass is 400 g/mol. The predicted octanol–water partition coefficient (Wildman–Crippen LogP) is 3.45. The molecule has 27 heavy (non-hydrogen) atoms. The second kappa shape index (κ2) is 7.46. The van der Waals surface area contributed by atoms with Gasteiger partial charge in [0.15, 0.2) is 10.8 Å². The molecule has 3 aromatic rings. The van der Waals surface area contributed by atoms with Gasteiger partial charge in [0.2, 0.25) is 10.0 Å². The molecule has 140 valence electrons. The molecule has 6 nitrogen and oxygen atoms in total. The Labute approximate surface area is 163 Å². The molecular formula is C19H20N4O2S2. The van der Waals surface area contributed by atoms with Gasteiger partial charge in [0.1, 0.15) is 4.90 Å². The molecule has 4 rings (SSSR count). The van der Waals surface area contributed by atoms with E-state index in [9.17, 15) is 8.42 Å². The zero-order chi connectivity index (χ0) is 18.9. The van der Waals surface area contributed by atoms with Crippen LogP contribution in [0.1, 0.15) is 24.0 Å². The van der Waals surface area contributed by atoms with Crippen LogP contribution in [0.15, 0.2) is 59.2 Å². The van der Waals surface area contributed by atoms with Crippen LogP contribution in [0.25, 0.3) is 11.7 Å². The Morgan fingerprint density at radius 3 is 2.56 bits per heavy atom. The van der Waals surface area contributed by atoms with E-state index in [4.69, 9.17) is 0 Å². The van der Waals surface area contributed by atoms with E-state index in [0.717, 1.165) is 29.7 Å². The van der Waals surface area contributed by atoms with Gasteiger partial charge in [0, 0.05) is 25.0 Å². The van der Waals surface area contributed by atoms with Gasteiger partial charge in [-0.2, -0.15) is 4.31 Å². The number of nitrogens with zero attached hydrogens (tertiary/aromatic N) is 4. The average Bonchev–Trinajstić information content (AvgIpc) is 3.37. The largest absolute Gasteiger partial charge is 0.276 e. The summed E-state index contributed by atoms with van der Waals surface area (Å²) in [4.78, 5) is 0.224. The standard InChI is InChI=1S/C19H20N4O2S2/c1-2-15-7-9-16(10-8-15)14-26-19-21-20-18-17(6-5-13-23(18)19)27(24,25)22-11-3-4-12-22/h2,5-10,13H,1,3-4,11-12,14H2. The summed E-state index contributed by atoms with van der Waals surface area (Å²) in [6.07, 6.45) is 5.42. The maximum Gasteiger partial charge on any atom is 0.246 e. The van der Waals surface area contributed by atoms with E-state index in [1.165, 1.54) is 16.1 Å². The molecular weight excluding hydrogens is 380 g/mol. The van der Waals surface area contributed by atoms with Crippen molar-refractivity contribution in [3.05, 3.63) is 60.3 Å². The molecule has 0 radical (unpaired) electrons. The fraction of sp³-hybridized carbons (Fsp3) is 0.263. The number of hydrogen-bond acceptors (Lipinski definition) is 5. The normalized spacial score (nSPS) is 15.4. The highest BCUT2D eigenvalue weighted by atomic mass is 32.2. The van der Waals surface area contributed by atoms with Crippen LogP contribution in [-0.2, 0) is 15.8 Å². The zero-order valence-electron chi connectivity index (χ0n) is 14.8. The third-order valence-electron chi connectivity index (χ3n) is 4.63. The summed E-state index contributed by atoms with van der Waals surface area (Å²) in [5.41, 5.74) is 2.62. The zero-order valence-corrected chi connectivity index (χ0v) is 16.4. The van der Waals surface area contributed by atoms with Crippen molar-refractivity contribution in [1.29, 1.82) is 0 Å². The summed E-state index contributed by atoms with van der Waals surface area (Å²) in [6.45, 7) is 4.90. The molecule has 0 unspecified atom stereocenters. The van der Waals surface area contributed by atoms with Crippen LogP contribution >= 0.6 is 11.8 Å². The van der Waals surface area contributed by atoms with Crippen molar-refractivity contribution in [1.82, 2.24) is 18.9 Å². The van der Waals surface area contributed by atoms with E-state index in [-0.39, 0.29) is 4.90 Å². The highest BCUT2D eigenvalue weighted by Crippen LogP contribution is 2.27. The lowest BCUT2D eigenvalue weighted by atomic mass is 10.1. The summed E-state index contributed by atoms with van der Waals surface area (Å²) >= 11 is 1.53. The second-order valence-corrected chi connectivity index (χ2v) is 9.24. The van der Waals surface area contributed by atoms with Crippen LogP contribution < -0.4 is 0 Å². The molecule has 0 saturated carbocycles. The van der Waals surface area contributed by atoms with Gasteiger partial charge in [-0.25, -0.2) is 8.42 Å². The Hall–Kier alpha value is -2.16. The molecule has 1 aliphatic rings. The lowest BCUT2D eigenvalue weighted by Crippen LogP contribution is -2.28. The number of benzene rings is 1. The number of pyridine rings is 1. The van der Waals surface area contributed by atoms with Crippen molar-refractivity contribution in [2.45, 2.75) is 28.6 Å². The van der Waals surface area contributed by atoms with Gasteiger partial charge in [-0.1, -0.05) is 48.7 Å². The minimum atomic E-state index is -3.54. The third-order valence-corrected chi connectivity index (χ3v) is 7.57. The highest BCUT2D eigenvalue weighted by molar-refractivity contribution is 7.98. The topological polar surface area (TPSA) is 67.6 Å². The third kappa shape index (κ3) is 3.52. The Morgan fingerprint density at radius 1 is 1.11 bits per heavy atom. The van der Waals surface area contributed by atoms with Crippen molar-refractivity contribution in [3.8, 4) is 0 Å². The van der Waals surface area contributed by atoms with E-state index in [0.29, 0.717) is 23.9 Å². The predicted molar refractivity (Wildman–Crippen MR) is 107 cm³/mol. The summed E-state index contributed by atoms with van der Waals surface area (Å²) in [5, 5.41) is 9.07. The van der Waals surface area contributed by atoms with E-state index >= 15 is 0 Å². The van der Waals surface area contributed by atoms with Gasteiger partial charge < -0.3 is 0 Å². The Bertz CT molecular complexity index is 1070. The first-order valence-electron chi connectivity index (χ1n) is 8.78. The van der Waals surface area contributed by atoms with Crippen molar-refractivity contribution in [3.63, 3.8) is 0 Å². The molecule has 0 N–H and O–H groups in total. The number of rotatable bonds is 6. The number of fused-ring (bicyclic) bond motifs is 1. The molecule has 3 heterocycles. The summed E-state index contributed by atoms with van der Waals surface area (Å²) in [6, 6.07) is 11.5. The maximum atomic E-state index is 12.9. The van der Waals surface area contributed by atoms with Crippen LogP contribution in [0.2, 0.25) is 0 Å². The van der Waals surface area contributed by atoms with Crippen molar-refractivity contribution < 1.29 is 8.42 Å². The molecule has 1 aliphatic heterocycles. The Kier molecular flexibility index (Phi) is 5.03. The van der Waals surface area contributed by atoms with E-state index in [1.807, 2.05) is 24.4 Å². The smallest absolute Gasteiger partial charge is 0.246 e. The molecule has 2 aromatic heterocycles. The summed E-state index contributed by atoms with van der Waals surface area (Å²) in [5.74, 6) is 0.724. The summed E-state index contributed by atoms with van der Waals surface area (Å²) in [7, 11) is -3.54. The minimum Gasteiger partial charge on any atom is -0.276 e. The van der Waals surface area contributed by atoms with Crippen molar-refractivity contribution in [2.24, 2.45) is 0 Å². The number of sulfonamides is 1. The molecule has 0 amide bonds. The summed E-state index contributed by atoms with van der Waals surface area (Å²) < 4.78 is 29.1. The van der Waals surface area contributed by atoms with Crippen LogP contribution in [0.5, 0.6) is 0 Å². The van der Waals surface area contributed by atoms with E-state index in [2.05, 4.69) is 28.9 Å². The van der Waals surface area contributed by atoms with Crippen LogP contribution in [0.3, 0.4) is 0 Å². The van der Waals surface area contributed by atoms with Gasteiger partial charge in [-0.3, -0.25) is 4.40 Å². The van der Waals surface area contributed by atoms with Crippen molar-refractivity contribution in [2.75, 3.05) is 13.1 Å². The van der Waals surface area contributed by atoms with Gasteiger partial charge in [0.05, 0.1) is 0 Å². The van der Waals surface area contributed by atoms with Gasteiger partial charge in [-0.05, 0) is 36.1 Å². The maximum absolute atomic E-state index is 12.9. The molecule has 1 saturated heterocycles. The quantitative estimate of drug-likeness (QED) is 0.593. The first-order valence-corrected chi connectivity index (χ1v) is 11.2. The first kappa shape index (κ1) is 18.2. The number of thioether (sulfide) groups is 1. The lowest BCUT2D eigenvalue weighted by Gasteiger charge is -2.15. The molecule has 0 atom stereocenters. The first-order chi connectivity index (χ1) is 13.1. The minimum absolute atomic E-state index is 0.224. The average molecular weight is 401 g/mol.